The predicted octanol–water partition coefficient (Wildman–Crippen LogP) is 1.56. The van der Waals surface area contributed by atoms with Crippen LogP contribution in [-0.4, -0.2) is 46.2 Å². The smallest absolute Gasteiger partial charge is 0.408 e. The van der Waals surface area contributed by atoms with Gasteiger partial charge in [0, 0.05) is 6.07 Å². The second-order valence-electron chi connectivity index (χ2n) is 6.44. The molecule has 2 amide bonds. The van der Waals surface area contributed by atoms with Crippen LogP contribution < -0.4 is 5.32 Å². The molecule has 1 N–H and O–H groups in total. The molecule has 0 unspecified atom stereocenters. The summed E-state index contributed by atoms with van der Waals surface area (Å²) in [5, 5.41) is 13.5. The first-order chi connectivity index (χ1) is 11.8. The van der Waals surface area contributed by atoms with Crippen LogP contribution in [0.2, 0.25) is 0 Å². The Balaban J connectivity index is 1.58. The molecule has 134 valence electrons. The Morgan fingerprint density at radius 3 is 2.92 bits per heavy atom. The number of nitro benzene ring substituents is 1. The number of amides is 2. The van der Waals surface area contributed by atoms with Crippen molar-refractivity contribution in [2.45, 2.75) is 44.7 Å². The summed E-state index contributed by atoms with van der Waals surface area (Å²) in [5.41, 5.74) is -0.518. The van der Waals surface area contributed by atoms with Gasteiger partial charge in [0.2, 0.25) is 5.91 Å². The monoisotopic (exact) mass is 349 g/mol. The van der Waals surface area contributed by atoms with Crippen molar-refractivity contribution in [2.24, 2.45) is 0 Å². The van der Waals surface area contributed by atoms with Gasteiger partial charge in [-0.25, -0.2) is 4.79 Å². The molecule has 2 fully saturated rings. The molecule has 0 bridgehead atoms. The largest absolute Gasteiger partial charge is 0.444 e. The molecule has 1 aromatic carbocycles. The number of hydrogen-bond donors (Lipinski definition) is 1. The molecular weight excluding hydrogens is 330 g/mol. The highest BCUT2D eigenvalue weighted by atomic mass is 16.6. The Morgan fingerprint density at radius 1 is 1.48 bits per heavy atom. The van der Waals surface area contributed by atoms with E-state index in [1.165, 1.54) is 18.2 Å². The van der Waals surface area contributed by atoms with E-state index in [-0.39, 0.29) is 29.8 Å². The fourth-order valence-electron chi connectivity index (χ4n) is 3.29. The maximum absolute atomic E-state index is 12.3. The molecule has 2 aliphatic rings. The number of nitrogens with one attached hydrogen (secondary N) is 1. The van der Waals surface area contributed by atoms with Crippen LogP contribution in [0.25, 0.3) is 0 Å². The molecule has 1 aromatic rings. The SMILES string of the molecule is CC1(C)OCC[C@H]2[C@@H](NC(=O)OCc3ccccc3[N+](=O)[O-])C(=O)N21. The maximum atomic E-state index is 12.3. The normalized spacial score (nSPS) is 24.1. The number of ether oxygens (including phenoxy) is 2. The number of nitro groups is 1. The van der Waals surface area contributed by atoms with Crippen molar-refractivity contribution in [3.05, 3.63) is 39.9 Å². The summed E-state index contributed by atoms with van der Waals surface area (Å²) in [4.78, 5) is 36.3. The van der Waals surface area contributed by atoms with E-state index in [0.29, 0.717) is 13.0 Å². The lowest BCUT2D eigenvalue weighted by Crippen LogP contribution is -2.77. The van der Waals surface area contributed by atoms with Crippen LogP contribution in [0, 0.1) is 10.1 Å². The van der Waals surface area contributed by atoms with E-state index in [0.717, 1.165) is 0 Å². The Morgan fingerprint density at radius 2 is 2.20 bits per heavy atom. The van der Waals surface area contributed by atoms with Crippen LogP contribution in [0.1, 0.15) is 25.8 Å². The number of alkyl carbamates (subject to hydrolysis) is 1. The summed E-state index contributed by atoms with van der Waals surface area (Å²) in [6.45, 7) is 3.87. The minimum atomic E-state index is -0.777. The van der Waals surface area contributed by atoms with Crippen LogP contribution in [0.4, 0.5) is 10.5 Å². The fraction of sp³-hybridized carbons (Fsp3) is 0.500. The second kappa shape index (κ2) is 6.32. The molecule has 0 aliphatic carbocycles. The maximum Gasteiger partial charge on any atom is 0.408 e. The highest BCUT2D eigenvalue weighted by molar-refractivity contribution is 5.93. The first-order valence-corrected chi connectivity index (χ1v) is 7.94. The van der Waals surface area contributed by atoms with Crippen molar-refractivity contribution >= 4 is 17.7 Å². The summed E-state index contributed by atoms with van der Waals surface area (Å²) in [6.07, 6.45) is -0.148. The Labute approximate surface area is 144 Å². The number of carbonyl (C=O) groups is 2. The topological polar surface area (TPSA) is 111 Å². The van der Waals surface area contributed by atoms with Crippen molar-refractivity contribution in [3.8, 4) is 0 Å². The lowest BCUT2D eigenvalue weighted by Gasteiger charge is -2.57. The number of para-hydroxylation sites is 1. The van der Waals surface area contributed by atoms with Crippen LogP contribution in [0.15, 0.2) is 24.3 Å². The first-order valence-electron chi connectivity index (χ1n) is 7.94. The van der Waals surface area contributed by atoms with Gasteiger partial charge in [-0.15, -0.1) is 0 Å². The van der Waals surface area contributed by atoms with Crippen LogP contribution in [0.3, 0.4) is 0 Å². The summed E-state index contributed by atoms with van der Waals surface area (Å²) >= 11 is 0. The minimum Gasteiger partial charge on any atom is -0.444 e. The molecule has 0 saturated carbocycles. The van der Waals surface area contributed by atoms with Crippen LogP contribution >= 0.6 is 0 Å². The molecular formula is C16H19N3O6. The van der Waals surface area contributed by atoms with Gasteiger partial charge in [-0.1, -0.05) is 12.1 Å². The van der Waals surface area contributed by atoms with Gasteiger partial charge in [-0.2, -0.15) is 0 Å². The number of β-lactam (4-membered cyclic amide) rings is 1. The molecule has 0 spiro atoms. The summed E-state index contributed by atoms with van der Waals surface area (Å²) < 4.78 is 10.6. The van der Waals surface area contributed by atoms with E-state index in [4.69, 9.17) is 9.47 Å². The molecule has 2 atom stereocenters. The lowest BCUT2D eigenvalue weighted by molar-refractivity contribution is -0.385. The average Bonchev–Trinajstić information content (AvgIpc) is 2.56. The molecule has 9 nitrogen and oxygen atoms in total. The Bertz CT molecular complexity index is 720. The van der Waals surface area contributed by atoms with Gasteiger partial charge in [-0.3, -0.25) is 14.9 Å². The number of fused-ring (bicyclic) bond motifs is 1. The van der Waals surface area contributed by atoms with E-state index in [1.54, 1.807) is 24.8 Å². The van der Waals surface area contributed by atoms with Crippen LogP contribution in [0.5, 0.6) is 0 Å². The summed E-state index contributed by atoms with van der Waals surface area (Å²) in [5.74, 6) is -0.225. The van der Waals surface area contributed by atoms with Crippen molar-refractivity contribution < 1.29 is 24.0 Å². The molecule has 9 heteroatoms. The molecule has 2 saturated heterocycles. The summed E-state index contributed by atoms with van der Waals surface area (Å²) in [7, 11) is 0. The molecule has 2 aliphatic heterocycles. The lowest BCUT2D eigenvalue weighted by atomic mass is 9.88. The number of carbonyl (C=O) groups excluding carboxylic acids is 2. The third-order valence-corrected chi connectivity index (χ3v) is 4.49. The van der Waals surface area contributed by atoms with Gasteiger partial charge in [0.25, 0.3) is 5.69 Å². The average molecular weight is 349 g/mol. The number of hydrogen-bond acceptors (Lipinski definition) is 6. The van der Waals surface area contributed by atoms with E-state index in [1.807, 2.05) is 0 Å². The first kappa shape index (κ1) is 17.2. The predicted molar refractivity (Wildman–Crippen MR) is 85.5 cm³/mol. The third kappa shape index (κ3) is 3.14. The van der Waals surface area contributed by atoms with Crippen LogP contribution in [-0.2, 0) is 20.9 Å². The highest BCUT2D eigenvalue weighted by Crippen LogP contribution is 2.36. The zero-order chi connectivity index (χ0) is 18.2. The standard InChI is InChI=1S/C16H19N3O6/c1-16(2)18-12(7-8-25-16)13(14(18)20)17-15(21)24-9-10-5-3-4-6-11(10)19(22)23/h3-6,12-13H,7-9H2,1-2H3,(H,17,21)/t12-,13+/m0/s1. The number of nitrogens with zero attached hydrogens (tertiary/aromatic N) is 2. The van der Waals surface area contributed by atoms with Crippen molar-refractivity contribution in [1.82, 2.24) is 10.2 Å². The van der Waals surface area contributed by atoms with E-state index in [9.17, 15) is 19.7 Å². The van der Waals surface area contributed by atoms with Gasteiger partial charge in [0.1, 0.15) is 18.4 Å². The molecule has 0 aromatic heterocycles. The summed E-state index contributed by atoms with van der Waals surface area (Å²) in [6, 6.07) is 5.24. The van der Waals surface area contributed by atoms with E-state index < -0.39 is 22.8 Å². The minimum absolute atomic E-state index is 0.118. The van der Waals surface area contributed by atoms with E-state index in [2.05, 4.69) is 5.32 Å². The van der Waals surface area contributed by atoms with E-state index >= 15 is 0 Å². The van der Waals surface area contributed by atoms with Crippen molar-refractivity contribution in [1.29, 1.82) is 0 Å². The molecule has 3 rings (SSSR count). The molecule has 0 radical (unpaired) electrons. The quantitative estimate of drug-likeness (QED) is 0.502. The van der Waals surface area contributed by atoms with Gasteiger partial charge in [0.15, 0.2) is 0 Å². The van der Waals surface area contributed by atoms with Crippen molar-refractivity contribution in [2.75, 3.05) is 6.61 Å². The zero-order valence-electron chi connectivity index (χ0n) is 13.9. The highest BCUT2D eigenvalue weighted by Gasteiger charge is 2.56. The van der Waals surface area contributed by atoms with Crippen molar-refractivity contribution in [3.63, 3.8) is 0 Å². The molecule has 25 heavy (non-hydrogen) atoms. The van der Waals surface area contributed by atoms with Gasteiger partial charge in [0.05, 0.1) is 23.1 Å². The zero-order valence-corrected chi connectivity index (χ0v) is 13.9. The van der Waals surface area contributed by atoms with Gasteiger partial charge >= 0.3 is 6.09 Å². The third-order valence-electron chi connectivity index (χ3n) is 4.49. The number of benzene rings is 1. The van der Waals surface area contributed by atoms with Gasteiger partial charge in [-0.05, 0) is 26.3 Å². The second-order valence-corrected chi connectivity index (χ2v) is 6.44. The Kier molecular flexibility index (Phi) is 4.34. The molecule has 2 heterocycles. The van der Waals surface area contributed by atoms with Gasteiger partial charge < -0.3 is 19.7 Å². The number of rotatable bonds is 4. The fourth-order valence-corrected chi connectivity index (χ4v) is 3.29. The Hall–Kier alpha value is -2.68.